The SMILES string of the molecule is CC1=CC(n2cc(C)ccc2=O)CC=C1. The Bertz CT molecular complexity index is 480. The van der Waals surface area contributed by atoms with Crippen LogP contribution in [0.3, 0.4) is 0 Å². The largest absolute Gasteiger partial charge is 0.308 e. The van der Waals surface area contributed by atoms with Gasteiger partial charge in [0, 0.05) is 12.3 Å². The van der Waals surface area contributed by atoms with E-state index < -0.39 is 0 Å². The second-order valence-electron chi connectivity index (χ2n) is 4.07. The van der Waals surface area contributed by atoms with Gasteiger partial charge in [-0.2, -0.15) is 0 Å². The normalized spacial score (nSPS) is 20.1. The van der Waals surface area contributed by atoms with Gasteiger partial charge in [0.05, 0.1) is 6.04 Å². The van der Waals surface area contributed by atoms with Crippen molar-refractivity contribution in [2.24, 2.45) is 0 Å². The zero-order chi connectivity index (χ0) is 10.8. The summed E-state index contributed by atoms with van der Waals surface area (Å²) < 4.78 is 1.81. The fourth-order valence-electron chi connectivity index (χ4n) is 1.89. The van der Waals surface area contributed by atoms with Gasteiger partial charge in [-0.15, -0.1) is 0 Å². The van der Waals surface area contributed by atoms with Crippen molar-refractivity contribution in [2.45, 2.75) is 26.3 Å². The van der Waals surface area contributed by atoms with Crippen molar-refractivity contribution in [1.29, 1.82) is 0 Å². The van der Waals surface area contributed by atoms with Crippen LogP contribution in [-0.4, -0.2) is 4.57 Å². The fraction of sp³-hybridized carbons (Fsp3) is 0.308. The Morgan fingerprint density at radius 2 is 2.13 bits per heavy atom. The Hall–Kier alpha value is -1.57. The maximum atomic E-state index is 11.7. The van der Waals surface area contributed by atoms with Crippen LogP contribution in [0.25, 0.3) is 0 Å². The van der Waals surface area contributed by atoms with E-state index in [2.05, 4.69) is 25.2 Å². The molecule has 78 valence electrons. The van der Waals surface area contributed by atoms with Crippen molar-refractivity contribution in [3.63, 3.8) is 0 Å². The quantitative estimate of drug-likeness (QED) is 0.684. The molecule has 0 radical (unpaired) electrons. The molecular formula is C13H15NO. The molecule has 0 aliphatic heterocycles. The van der Waals surface area contributed by atoms with E-state index in [4.69, 9.17) is 0 Å². The smallest absolute Gasteiger partial charge is 0.251 e. The van der Waals surface area contributed by atoms with Crippen LogP contribution < -0.4 is 5.56 Å². The van der Waals surface area contributed by atoms with E-state index in [1.54, 1.807) is 6.07 Å². The Balaban J connectivity index is 2.42. The summed E-state index contributed by atoms with van der Waals surface area (Å²) in [6.45, 7) is 4.06. The van der Waals surface area contributed by atoms with Gasteiger partial charge in [0.25, 0.3) is 5.56 Å². The molecule has 1 heterocycles. The van der Waals surface area contributed by atoms with Crippen LogP contribution >= 0.6 is 0 Å². The van der Waals surface area contributed by atoms with Gasteiger partial charge < -0.3 is 4.57 Å². The highest BCUT2D eigenvalue weighted by atomic mass is 16.1. The van der Waals surface area contributed by atoms with Crippen LogP contribution in [0.15, 0.2) is 46.9 Å². The van der Waals surface area contributed by atoms with Gasteiger partial charge in [0.1, 0.15) is 0 Å². The summed E-state index contributed by atoms with van der Waals surface area (Å²) in [6, 6.07) is 3.67. The van der Waals surface area contributed by atoms with Crippen molar-refractivity contribution in [3.05, 3.63) is 58.0 Å². The number of allylic oxidation sites excluding steroid dienone is 4. The van der Waals surface area contributed by atoms with E-state index in [1.807, 2.05) is 23.8 Å². The van der Waals surface area contributed by atoms with Crippen LogP contribution in [0.1, 0.15) is 24.9 Å². The Morgan fingerprint density at radius 3 is 2.87 bits per heavy atom. The highest BCUT2D eigenvalue weighted by Crippen LogP contribution is 2.19. The average Bonchev–Trinajstić information content (AvgIpc) is 2.22. The van der Waals surface area contributed by atoms with Crippen molar-refractivity contribution < 1.29 is 0 Å². The lowest BCUT2D eigenvalue weighted by Crippen LogP contribution is -2.23. The number of rotatable bonds is 1. The molecule has 15 heavy (non-hydrogen) atoms. The lowest BCUT2D eigenvalue weighted by atomic mass is 10.0. The molecule has 0 saturated carbocycles. The van der Waals surface area contributed by atoms with Gasteiger partial charge in [0.15, 0.2) is 0 Å². The van der Waals surface area contributed by atoms with Gasteiger partial charge in [-0.05, 0) is 25.8 Å². The number of hydrogen-bond acceptors (Lipinski definition) is 1. The molecule has 2 nitrogen and oxygen atoms in total. The summed E-state index contributed by atoms with van der Waals surface area (Å²) in [7, 11) is 0. The minimum absolute atomic E-state index is 0.0740. The number of aryl methyl sites for hydroxylation is 1. The molecule has 1 aliphatic rings. The number of hydrogen-bond donors (Lipinski definition) is 0. The van der Waals surface area contributed by atoms with E-state index in [-0.39, 0.29) is 11.6 Å². The molecule has 1 atom stereocenters. The van der Waals surface area contributed by atoms with Gasteiger partial charge in [0.2, 0.25) is 0 Å². The predicted octanol–water partition coefficient (Wildman–Crippen LogP) is 2.60. The van der Waals surface area contributed by atoms with Crippen LogP contribution in [-0.2, 0) is 0 Å². The molecule has 0 aromatic carbocycles. The maximum absolute atomic E-state index is 11.7. The van der Waals surface area contributed by atoms with E-state index in [0.717, 1.165) is 12.0 Å². The van der Waals surface area contributed by atoms with Crippen LogP contribution in [0.2, 0.25) is 0 Å². The zero-order valence-corrected chi connectivity index (χ0v) is 9.10. The number of aromatic nitrogens is 1. The standard InChI is InChI=1S/C13H15NO/c1-10-4-3-5-12(8-10)14-9-11(2)6-7-13(14)15/h3-4,6-9,12H,5H2,1-2H3. The third-order valence-corrected chi connectivity index (χ3v) is 2.66. The molecule has 2 rings (SSSR count). The van der Waals surface area contributed by atoms with Crippen LogP contribution in [0.4, 0.5) is 0 Å². The monoisotopic (exact) mass is 201 g/mol. The molecule has 1 aliphatic carbocycles. The Kier molecular flexibility index (Phi) is 2.58. The maximum Gasteiger partial charge on any atom is 0.251 e. The lowest BCUT2D eigenvalue weighted by Gasteiger charge is -2.18. The minimum atomic E-state index is 0.0740. The number of nitrogens with zero attached hydrogens (tertiary/aromatic N) is 1. The van der Waals surface area contributed by atoms with Crippen molar-refractivity contribution in [2.75, 3.05) is 0 Å². The van der Waals surface area contributed by atoms with E-state index >= 15 is 0 Å². The summed E-state index contributed by atoms with van der Waals surface area (Å²) in [4.78, 5) is 11.7. The molecule has 1 aromatic rings. The third-order valence-electron chi connectivity index (χ3n) is 2.66. The molecule has 0 fully saturated rings. The summed E-state index contributed by atoms with van der Waals surface area (Å²) in [5, 5.41) is 0. The first-order valence-corrected chi connectivity index (χ1v) is 5.20. The second-order valence-corrected chi connectivity index (χ2v) is 4.07. The summed E-state index contributed by atoms with van der Waals surface area (Å²) in [5.74, 6) is 0. The van der Waals surface area contributed by atoms with E-state index in [0.29, 0.717) is 0 Å². The first-order chi connectivity index (χ1) is 7.16. The lowest BCUT2D eigenvalue weighted by molar-refractivity contribution is 0.580. The third kappa shape index (κ3) is 2.09. The fourth-order valence-corrected chi connectivity index (χ4v) is 1.89. The molecule has 0 amide bonds. The second kappa shape index (κ2) is 3.89. The van der Waals surface area contributed by atoms with Gasteiger partial charge in [-0.25, -0.2) is 0 Å². The van der Waals surface area contributed by atoms with Gasteiger partial charge in [-0.3, -0.25) is 4.79 Å². The summed E-state index contributed by atoms with van der Waals surface area (Å²) >= 11 is 0. The Labute approximate surface area is 89.6 Å². The van der Waals surface area contributed by atoms with Crippen LogP contribution in [0.5, 0.6) is 0 Å². The average molecular weight is 201 g/mol. The molecule has 0 bridgehead atoms. The highest BCUT2D eigenvalue weighted by Gasteiger charge is 2.10. The molecule has 0 N–H and O–H groups in total. The zero-order valence-electron chi connectivity index (χ0n) is 9.10. The molecule has 0 spiro atoms. The predicted molar refractivity (Wildman–Crippen MR) is 62.0 cm³/mol. The summed E-state index contributed by atoms with van der Waals surface area (Å²) in [6.07, 6.45) is 9.18. The molecule has 2 heteroatoms. The summed E-state index contributed by atoms with van der Waals surface area (Å²) in [5.41, 5.74) is 2.42. The minimum Gasteiger partial charge on any atom is -0.308 e. The highest BCUT2D eigenvalue weighted by molar-refractivity contribution is 5.23. The first kappa shape index (κ1) is 9.97. The van der Waals surface area contributed by atoms with Crippen molar-refractivity contribution in [3.8, 4) is 0 Å². The van der Waals surface area contributed by atoms with Gasteiger partial charge in [-0.1, -0.05) is 29.9 Å². The molecule has 0 saturated heterocycles. The van der Waals surface area contributed by atoms with Gasteiger partial charge >= 0.3 is 0 Å². The molecule has 1 aromatic heterocycles. The molecular weight excluding hydrogens is 186 g/mol. The van der Waals surface area contributed by atoms with E-state index in [1.165, 1.54) is 5.57 Å². The van der Waals surface area contributed by atoms with Crippen molar-refractivity contribution in [1.82, 2.24) is 4.57 Å². The van der Waals surface area contributed by atoms with Crippen LogP contribution in [0, 0.1) is 6.92 Å². The molecule has 1 unspecified atom stereocenters. The topological polar surface area (TPSA) is 22.0 Å². The van der Waals surface area contributed by atoms with Crippen molar-refractivity contribution >= 4 is 0 Å². The number of pyridine rings is 1. The Morgan fingerprint density at radius 1 is 1.33 bits per heavy atom. The first-order valence-electron chi connectivity index (χ1n) is 5.20. The van der Waals surface area contributed by atoms with E-state index in [9.17, 15) is 4.79 Å².